The number of ether oxygens (including phenoxy) is 1. The summed E-state index contributed by atoms with van der Waals surface area (Å²) < 4.78 is 5.08. The second kappa shape index (κ2) is 5.54. The van der Waals surface area contributed by atoms with Gasteiger partial charge in [0.1, 0.15) is 5.75 Å². The van der Waals surface area contributed by atoms with E-state index >= 15 is 0 Å². The first-order valence-corrected chi connectivity index (χ1v) is 4.49. The Labute approximate surface area is 79.1 Å². The van der Waals surface area contributed by atoms with Gasteiger partial charge in [0, 0.05) is 6.20 Å². The fourth-order valence-electron chi connectivity index (χ4n) is 1.18. The second-order valence-electron chi connectivity index (χ2n) is 2.94. The molecule has 1 N–H and O–H groups in total. The number of aryl methyl sites for hydroxylation is 1. The molecule has 0 fully saturated rings. The van der Waals surface area contributed by atoms with E-state index in [2.05, 4.69) is 10.3 Å². The SMILES string of the molecule is CNCCCc1cncc(OC)c1. The van der Waals surface area contributed by atoms with Crippen molar-refractivity contribution in [3.05, 3.63) is 24.0 Å². The summed E-state index contributed by atoms with van der Waals surface area (Å²) in [6, 6.07) is 2.03. The molecule has 3 nitrogen and oxygen atoms in total. The van der Waals surface area contributed by atoms with Crippen LogP contribution in [0.25, 0.3) is 0 Å². The smallest absolute Gasteiger partial charge is 0.137 e. The fraction of sp³-hybridized carbons (Fsp3) is 0.500. The first-order valence-electron chi connectivity index (χ1n) is 4.49. The molecule has 1 heterocycles. The summed E-state index contributed by atoms with van der Waals surface area (Å²) in [5.74, 6) is 0.835. The number of nitrogens with one attached hydrogen (secondary N) is 1. The highest BCUT2D eigenvalue weighted by Gasteiger charge is 1.95. The van der Waals surface area contributed by atoms with E-state index < -0.39 is 0 Å². The summed E-state index contributed by atoms with van der Waals surface area (Å²) in [5.41, 5.74) is 1.23. The number of pyridine rings is 1. The first-order chi connectivity index (χ1) is 6.36. The lowest BCUT2D eigenvalue weighted by atomic mass is 10.1. The molecule has 0 bridgehead atoms. The van der Waals surface area contributed by atoms with Gasteiger partial charge in [0.05, 0.1) is 13.3 Å². The van der Waals surface area contributed by atoms with Crippen LogP contribution in [0.5, 0.6) is 5.75 Å². The number of hydrogen-bond acceptors (Lipinski definition) is 3. The summed E-state index contributed by atoms with van der Waals surface area (Å²) in [6.07, 6.45) is 5.79. The third-order valence-corrected chi connectivity index (χ3v) is 1.90. The molecule has 0 aliphatic rings. The van der Waals surface area contributed by atoms with Crippen molar-refractivity contribution in [2.24, 2.45) is 0 Å². The lowest BCUT2D eigenvalue weighted by Crippen LogP contribution is -2.08. The topological polar surface area (TPSA) is 34.2 Å². The van der Waals surface area contributed by atoms with Crippen LogP contribution in [0.4, 0.5) is 0 Å². The van der Waals surface area contributed by atoms with E-state index in [-0.39, 0.29) is 0 Å². The average Bonchev–Trinajstić information content (AvgIpc) is 2.19. The minimum absolute atomic E-state index is 0.835. The summed E-state index contributed by atoms with van der Waals surface area (Å²) in [4.78, 5) is 4.09. The van der Waals surface area contributed by atoms with Crippen LogP contribution in [0.3, 0.4) is 0 Å². The molecular weight excluding hydrogens is 164 g/mol. The molecule has 1 aromatic rings. The van der Waals surface area contributed by atoms with E-state index in [4.69, 9.17) is 4.74 Å². The van der Waals surface area contributed by atoms with Gasteiger partial charge in [0.15, 0.2) is 0 Å². The van der Waals surface area contributed by atoms with Crippen LogP contribution in [0.1, 0.15) is 12.0 Å². The standard InChI is InChI=1S/C10H16N2O/c1-11-5-3-4-9-6-10(13-2)8-12-7-9/h6-8,11H,3-5H2,1-2H3. The zero-order chi connectivity index (χ0) is 9.52. The minimum atomic E-state index is 0.835. The minimum Gasteiger partial charge on any atom is -0.495 e. The largest absolute Gasteiger partial charge is 0.495 e. The summed E-state index contributed by atoms with van der Waals surface area (Å²) in [7, 11) is 3.62. The summed E-state index contributed by atoms with van der Waals surface area (Å²) in [6.45, 7) is 1.04. The number of aromatic nitrogens is 1. The quantitative estimate of drug-likeness (QED) is 0.692. The van der Waals surface area contributed by atoms with Gasteiger partial charge in [-0.25, -0.2) is 0 Å². The highest BCUT2D eigenvalue weighted by molar-refractivity contribution is 5.23. The number of nitrogens with zero attached hydrogens (tertiary/aromatic N) is 1. The highest BCUT2D eigenvalue weighted by Crippen LogP contribution is 2.11. The van der Waals surface area contributed by atoms with Crippen molar-refractivity contribution in [1.29, 1.82) is 0 Å². The van der Waals surface area contributed by atoms with Crippen LogP contribution in [0.15, 0.2) is 18.5 Å². The predicted octanol–water partition coefficient (Wildman–Crippen LogP) is 1.24. The maximum absolute atomic E-state index is 5.08. The Morgan fingerprint density at radius 3 is 3.00 bits per heavy atom. The van der Waals surface area contributed by atoms with Crippen molar-refractivity contribution in [3.63, 3.8) is 0 Å². The van der Waals surface area contributed by atoms with Gasteiger partial charge in [-0.1, -0.05) is 0 Å². The molecule has 0 saturated carbocycles. The number of hydrogen-bond donors (Lipinski definition) is 1. The maximum atomic E-state index is 5.08. The van der Waals surface area contributed by atoms with Gasteiger partial charge in [0.25, 0.3) is 0 Å². The van der Waals surface area contributed by atoms with Crippen molar-refractivity contribution in [1.82, 2.24) is 10.3 Å². The van der Waals surface area contributed by atoms with Crippen LogP contribution in [-0.2, 0) is 6.42 Å². The van der Waals surface area contributed by atoms with Gasteiger partial charge >= 0.3 is 0 Å². The predicted molar refractivity (Wildman–Crippen MR) is 53.0 cm³/mol. The molecule has 0 amide bonds. The van der Waals surface area contributed by atoms with Crippen molar-refractivity contribution in [3.8, 4) is 5.75 Å². The lowest BCUT2D eigenvalue weighted by molar-refractivity contribution is 0.412. The Morgan fingerprint density at radius 2 is 2.31 bits per heavy atom. The van der Waals surface area contributed by atoms with Crippen LogP contribution in [-0.4, -0.2) is 25.7 Å². The van der Waals surface area contributed by atoms with Gasteiger partial charge in [-0.05, 0) is 38.1 Å². The molecule has 1 rings (SSSR count). The van der Waals surface area contributed by atoms with Gasteiger partial charge in [-0.15, -0.1) is 0 Å². The Kier molecular flexibility index (Phi) is 4.26. The van der Waals surface area contributed by atoms with E-state index in [0.29, 0.717) is 0 Å². The molecule has 3 heteroatoms. The molecule has 0 saturated heterocycles. The fourth-order valence-corrected chi connectivity index (χ4v) is 1.18. The third-order valence-electron chi connectivity index (χ3n) is 1.90. The molecular formula is C10H16N2O. The van der Waals surface area contributed by atoms with E-state index in [1.807, 2.05) is 19.3 Å². The van der Waals surface area contributed by atoms with Crippen LogP contribution in [0.2, 0.25) is 0 Å². The highest BCUT2D eigenvalue weighted by atomic mass is 16.5. The van der Waals surface area contributed by atoms with E-state index in [9.17, 15) is 0 Å². The van der Waals surface area contributed by atoms with Gasteiger partial charge < -0.3 is 10.1 Å². The second-order valence-corrected chi connectivity index (χ2v) is 2.94. The van der Waals surface area contributed by atoms with Crippen LogP contribution >= 0.6 is 0 Å². The van der Waals surface area contributed by atoms with Gasteiger partial charge in [-0.2, -0.15) is 0 Å². The van der Waals surface area contributed by atoms with Crippen LogP contribution < -0.4 is 10.1 Å². The molecule has 0 aromatic carbocycles. The molecule has 0 spiro atoms. The zero-order valence-electron chi connectivity index (χ0n) is 8.21. The maximum Gasteiger partial charge on any atom is 0.137 e. The molecule has 0 atom stereocenters. The molecule has 0 unspecified atom stereocenters. The normalized spacial score (nSPS) is 10.0. The van der Waals surface area contributed by atoms with E-state index in [1.165, 1.54) is 5.56 Å². The van der Waals surface area contributed by atoms with Crippen molar-refractivity contribution >= 4 is 0 Å². The molecule has 1 aromatic heterocycles. The Hall–Kier alpha value is -1.09. The molecule has 13 heavy (non-hydrogen) atoms. The van der Waals surface area contributed by atoms with Crippen molar-refractivity contribution in [2.75, 3.05) is 20.7 Å². The Bertz CT molecular complexity index is 250. The third kappa shape index (κ3) is 3.42. The lowest BCUT2D eigenvalue weighted by Gasteiger charge is -2.03. The van der Waals surface area contributed by atoms with E-state index in [1.54, 1.807) is 13.3 Å². The molecule has 0 radical (unpaired) electrons. The molecule has 72 valence electrons. The zero-order valence-corrected chi connectivity index (χ0v) is 8.21. The van der Waals surface area contributed by atoms with Crippen molar-refractivity contribution in [2.45, 2.75) is 12.8 Å². The number of rotatable bonds is 5. The Balaban J connectivity index is 2.46. The Morgan fingerprint density at radius 1 is 1.46 bits per heavy atom. The number of methoxy groups -OCH3 is 1. The summed E-state index contributed by atoms with van der Waals surface area (Å²) in [5, 5.41) is 3.11. The van der Waals surface area contributed by atoms with E-state index in [0.717, 1.165) is 25.1 Å². The first kappa shape index (κ1) is 9.99. The van der Waals surface area contributed by atoms with Crippen molar-refractivity contribution < 1.29 is 4.74 Å². The molecule has 0 aliphatic heterocycles. The molecule has 0 aliphatic carbocycles. The summed E-state index contributed by atoms with van der Waals surface area (Å²) >= 11 is 0. The average molecular weight is 180 g/mol. The van der Waals surface area contributed by atoms with Gasteiger partial charge in [0.2, 0.25) is 0 Å². The van der Waals surface area contributed by atoms with Crippen LogP contribution in [0, 0.1) is 0 Å². The van der Waals surface area contributed by atoms with Gasteiger partial charge in [-0.3, -0.25) is 4.98 Å². The monoisotopic (exact) mass is 180 g/mol.